The average Bonchev–Trinajstić information content (AvgIpc) is 3.47. The minimum absolute atomic E-state index is 0.0115. The second-order valence-corrected chi connectivity index (χ2v) is 7.50. The Hall–Kier alpha value is -2.47. The van der Waals surface area contributed by atoms with Crippen LogP contribution in [0, 0.1) is 5.82 Å². The summed E-state index contributed by atoms with van der Waals surface area (Å²) in [5.74, 6) is -0.519. The Morgan fingerprint density at radius 3 is 2.80 bits per heavy atom. The van der Waals surface area contributed by atoms with E-state index in [1.165, 1.54) is 4.90 Å². The van der Waals surface area contributed by atoms with Crippen molar-refractivity contribution in [1.29, 1.82) is 0 Å². The van der Waals surface area contributed by atoms with E-state index in [1.54, 1.807) is 6.07 Å². The van der Waals surface area contributed by atoms with Crippen LogP contribution in [0.2, 0.25) is 0 Å². The second kappa shape index (κ2) is 7.65. The number of aliphatic hydroxyl groups is 1. The lowest BCUT2D eigenvalue weighted by molar-refractivity contribution is -0.0440. The SMILES string of the molecule is CC1CN(c2c(C3OCCO3)cc3c(N4C(=O)OCC4CO)noc3c2F)CCO1. The number of cyclic esters (lactones) is 1. The lowest BCUT2D eigenvalue weighted by Gasteiger charge is -2.34. The molecule has 0 radical (unpaired) electrons. The number of benzene rings is 1. The molecule has 0 saturated carbocycles. The van der Waals surface area contributed by atoms with E-state index in [1.807, 2.05) is 11.8 Å². The Morgan fingerprint density at radius 2 is 2.07 bits per heavy atom. The number of amides is 1. The summed E-state index contributed by atoms with van der Waals surface area (Å²) in [6, 6.07) is 1.05. The average molecular weight is 423 g/mol. The molecule has 3 saturated heterocycles. The van der Waals surface area contributed by atoms with Crippen LogP contribution in [-0.2, 0) is 18.9 Å². The third-order valence-corrected chi connectivity index (χ3v) is 5.52. The molecule has 30 heavy (non-hydrogen) atoms. The monoisotopic (exact) mass is 423 g/mol. The van der Waals surface area contributed by atoms with Gasteiger partial charge < -0.3 is 33.5 Å². The predicted octanol–water partition coefficient (Wildman–Crippen LogP) is 1.55. The summed E-state index contributed by atoms with van der Waals surface area (Å²) >= 11 is 0. The van der Waals surface area contributed by atoms with Crippen LogP contribution in [0.25, 0.3) is 11.0 Å². The lowest BCUT2D eigenvalue weighted by atomic mass is 10.1. The summed E-state index contributed by atoms with van der Waals surface area (Å²) in [4.78, 5) is 15.3. The van der Waals surface area contributed by atoms with Gasteiger partial charge in [-0.2, -0.15) is 0 Å². The smallest absolute Gasteiger partial charge is 0.416 e. The number of ether oxygens (including phenoxy) is 4. The van der Waals surface area contributed by atoms with Crippen LogP contribution in [0.1, 0.15) is 18.8 Å². The van der Waals surface area contributed by atoms with E-state index >= 15 is 4.39 Å². The minimum Gasteiger partial charge on any atom is -0.447 e. The Morgan fingerprint density at radius 1 is 1.27 bits per heavy atom. The van der Waals surface area contributed by atoms with Crippen LogP contribution in [0.15, 0.2) is 10.6 Å². The van der Waals surface area contributed by atoms with E-state index in [9.17, 15) is 9.90 Å². The minimum atomic E-state index is -0.751. The zero-order valence-electron chi connectivity index (χ0n) is 16.4. The van der Waals surface area contributed by atoms with Crippen LogP contribution in [0.5, 0.6) is 0 Å². The van der Waals surface area contributed by atoms with Crippen LogP contribution in [0.3, 0.4) is 0 Å². The number of anilines is 2. The number of carbonyl (C=O) groups is 1. The highest BCUT2D eigenvalue weighted by Gasteiger charge is 2.39. The van der Waals surface area contributed by atoms with Crippen molar-refractivity contribution in [1.82, 2.24) is 5.16 Å². The van der Waals surface area contributed by atoms with E-state index in [-0.39, 0.29) is 36.1 Å². The highest BCUT2D eigenvalue weighted by Crippen LogP contribution is 2.42. The number of rotatable bonds is 4. The van der Waals surface area contributed by atoms with E-state index in [4.69, 9.17) is 23.5 Å². The summed E-state index contributed by atoms with van der Waals surface area (Å²) in [6.07, 6.45) is -1.49. The standard InChI is InChI=1S/C19H22FN3O7/c1-10-7-22(2-3-26-10)15-12(18-27-4-5-28-18)6-13-16(14(15)20)30-21-17(13)23-11(8-24)9-29-19(23)25/h6,10-11,18,24H,2-5,7-9H2,1H3. The van der Waals surface area contributed by atoms with Crippen LogP contribution in [0.4, 0.5) is 20.7 Å². The highest BCUT2D eigenvalue weighted by atomic mass is 19.1. The van der Waals surface area contributed by atoms with Gasteiger partial charge in [0, 0.05) is 18.7 Å². The molecule has 3 aliphatic heterocycles. The summed E-state index contributed by atoms with van der Waals surface area (Å²) in [5, 5.41) is 13.8. The molecule has 0 spiro atoms. The van der Waals surface area contributed by atoms with Gasteiger partial charge in [-0.25, -0.2) is 14.1 Å². The van der Waals surface area contributed by atoms with E-state index < -0.39 is 24.2 Å². The second-order valence-electron chi connectivity index (χ2n) is 7.50. The van der Waals surface area contributed by atoms with Crippen molar-refractivity contribution in [3.8, 4) is 0 Å². The van der Waals surface area contributed by atoms with Gasteiger partial charge in [0.05, 0.1) is 49.6 Å². The largest absolute Gasteiger partial charge is 0.447 e. The van der Waals surface area contributed by atoms with Gasteiger partial charge in [-0.3, -0.25) is 0 Å². The molecule has 1 aromatic heterocycles. The number of halogens is 1. The van der Waals surface area contributed by atoms with Gasteiger partial charge in [-0.15, -0.1) is 0 Å². The normalized spacial score (nSPS) is 25.5. The molecule has 0 aliphatic carbocycles. The number of hydrogen-bond acceptors (Lipinski definition) is 9. The van der Waals surface area contributed by atoms with Crippen molar-refractivity contribution in [2.75, 3.05) is 55.9 Å². The molecule has 2 atom stereocenters. The van der Waals surface area contributed by atoms with Crippen LogP contribution in [-0.4, -0.2) is 74.6 Å². The van der Waals surface area contributed by atoms with Crippen molar-refractivity contribution in [3.05, 3.63) is 17.4 Å². The molecule has 4 heterocycles. The Kier molecular flexibility index (Phi) is 4.97. The van der Waals surface area contributed by atoms with Crippen LogP contribution >= 0.6 is 0 Å². The molecule has 5 rings (SSSR count). The molecule has 1 N–H and O–H groups in total. The first-order valence-electron chi connectivity index (χ1n) is 9.87. The fourth-order valence-corrected chi connectivity index (χ4v) is 4.12. The third kappa shape index (κ3) is 3.09. The summed E-state index contributed by atoms with van der Waals surface area (Å²) in [7, 11) is 0. The molecule has 3 fully saturated rings. The summed E-state index contributed by atoms with van der Waals surface area (Å²) < 4.78 is 43.0. The first-order valence-corrected chi connectivity index (χ1v) is 9.87. The summed E-state index contributed by atoms with van der Waals surface area (Å²) in [5.41, 5.74) is 0.719. The maximum atomic E-state index is 15.8. The molecular formula is C19H22FN3O7. The van der Waals surface area contributed by atoms with Gasteiger partial charge in [0.25, 0.3) is 0 Å². The first-order chi connectivity index (χ1) is 14.6. The number of aromatic nitrogens is 1. The molecule has 162 valence electrons. The number of fused-ring (bicyclic) bond motifs is 1. The fraction of sp³-hybridized carbons (Fsp3) is 0.579. The van der Waals surface area contributed by atoms with Crippen molar-refractivity contribution < 1.29 is 37.8 Å². The van der Waals surface area contributed by atoms with Gasteiger partial charge in [0.15, 0.2) is 17.9 Å². The molecule has 3 aliphatic rings. The third-order valence-electron chi connectivity index (χ3n) is 5.52. The fourth-order valence-electron chi connectivity index (χ4n) is 4.12. The van der Waals surface area contributed by atoms with Crippen molar-refractivity contribution >= 4 is 28.6 Å². The number of carbonyl (C=O) groups excluding carboxylic acids is 1. The maximum Gasteiger partial charge on any atom is 0.416 e. The van der Waals surface area contributed by atoms with E-state index in [0.29, 0.717) is 44.2 Å². The zero-order valence-corrected chi connectivity index (χ0v) is 16.4. The predicted molar refractivity (Wildman–Crippen MR) is 101 cm³/mol. The summed E-state index contributed by atoms with van der Waals surface area (Å²) in [6.45, 7) is 3.85. The van der Waals surface area contributed by atoms with Gasteiger partial charge >= 0.3 is 6.09 Å². The van der Waals surface area contributed by atoms with Crippen molar-refractivity contribution in [2.24, 2.45) is 0 Å². The first kappa shape index (κ1) is 19.5. The molecule has 2 aromatic rings. The van der Waals surface area contributed by atoms with Crippen molar-refractivity contribution in [3.63, 3.8) is 0 Å². The molecular weight excluding hydrogens is 401 g/mol. The lowest BCUT2D eigenvalue weighted by Crippen LogP contribution is -2.42. The molecule has 10 nitrogen and oxygen atoms in total. The number of aliphatic hydroxyl groups excluding tert-OH is 1. The number of morpholine rings is 1. The Balaban J connectivity index is 1.66. The quantitative estimate of drug-likeness (QED) is 0.784. The molecule has 0 bridgehead atoms. The van der Waals surface area contributed by atoms with Gasteiger partial charge in [-0.1, -0.05) is 5.16 Å². The topological polar surface area (TPSA) is 107 Å². The Labute approximate surface area is 171 Å². The van der Waals surface area contributed by atoms with Gasteiger partial charge in [0.1, 0.15) is 6.61 Å². The van der Waals surface area contributed by atoms with Crippen molar-refractivity contribution in [2.45, 2.75) is 25.4 Å². The maximum absolute atomic E-state index is 15.8. The highest BCUT2D eigenvalue weighted by molar-refractivity contribution is 6.01. The van der Waals surface area contributed by atoms with Gasteiger partial charge in [-0.05, 0) is 13.0 Å². The van der Waals surface area contributed by atoms with E-state index in [0.717, 1.165) is 0 Å². The molecule has 1 amide bonds. The molecule has 1 aromatic carbocycles. The Bertz CT molecular complexity index is 961. The van der Waals surface area contributed by atoms with Gasteiger partial charge in [0.2, 0.25) is 5.58 Å². The molecule has 11 heteroatoms. The zero-order chi connectivity index (χ0) is 20.8. The van der Waals surface area contributed by atoms with E-state index in [2.05, 4.69) is 5.16 Å². The molecule has 2 unspecified atom stereocenters. The number of hydrogen-bond donors (Lipinski definition) is 1. The number of nitrogens with zero attached hydrogens (tertiary/aromatic N) is 3. The van der Waals surface area contributed by atoms with Crippen LogP contribution < -0.4 is 9.80 Å².